The average molecular weight is 763 g/mol. The molecule has 1 fully saturated rings. The highest BCUT2D eigenvalue weighted by Crippen LogP contribution is 2.22. The van der Waals surface area contributed by atoms with Gasteiger partial charge in [0.25, 0.3) is 0 Å². The predicted molar refractivity (Wildman–Crippen MR) is 207 cm³/mol. The molecule has 0 aliphatic carbocycles. The lowest BCUT2D eigenvalue weighted by atomic mass is 9.99. The van der Waals surface area contributed by atoms with E-state index < -0.39 is 171 Å². The van der Waals surface area contributed by atoms with Gasteiger partial charge in [-0.3, -0.25) is 4.79 Å². The van der Waals surface area contributed by atoms with Gasteiger partial charge in [0.2, 0.25) is 5.91 Å². The number of ether oxygens (including phenoxy) is 2. The highest BCUT2D eigenvalue weighted by atomic mass is 16.7. The number of allylic oxidation sites excluding steroid dienone is 1. The van der Waals surface area contributed by atoms with Crippen molar-refractivity contribution in [3.05, 3.63) is 12.2 Å². The lowest BCUT2D eigenvalue weighted by Crippen LogP contribution is -2.60. The SMILES string of the molecule is [2H]C([2H])([2H])C([2H])([2H])C([2H])([2H])C([2H])([2H])C([2H])([2H])C([2H])([2H])C([2H])([2H])C([2H])([2H])C([2H])([2H])C([2H])([2H])C([2H])([2H])C([2H])([2H])C([2H])([2H])C([2H])([2H])C([2H])([2H])C([2H])([2H])C([2H])([2H])C(=O)N[C@@H](CO[C@@H]1O[C@H](CO)[C@H](O)[C@H](O)[C@H]1O)[C@H](O)/C=C/CCCCCCCCCCCCC. The summed E-state index contributed by atoms with van der Waals surface area (Å²) in [6.07, 6.45) is -79.3. The molecule has 0 bridgehead atoms. The number of rotatable bonds is 35. The Morgan fingerprint density at radius 2 is 1.27 bits per heavy atom. The highest BCUT2D eigenvalue weighted by Gasteiger charge is 2.44. The Bertz CT molecular complexity index is 2230. The summed E-state index contributed by atoms with van der Waals surface area (Å²) in [6.45, 7) is -4.14. The van der Waals surface area contributed by atoms with Crippen LogP contribution in [0.2, 0.25) is 0 Å². The normalized spacial score (nSPS) is 37.0. The van der Waals surface area contributed by atoms with Crippen molar-refractivity contribution in [3.63, 3.8) is 0 Å². The fourth-order valence-electron chi connectivity index (χ4n) is 4.62. The molecule has 0 aromatic rings. The Kier molecular flexibility index (Phi) is 10.9. The third kappa shape index (κ3) is 24.8. The molecule has 6 N–H and O–H groups in total. The van der Waals surface area contributed by atoms with E-state index in [-0.39, 0.29) is 0 Å². The molecule has 1 saturated heterocycles. The van der Waals surface area contributed by atoms with Crippen LogP contribution < -0.4 is 5.32 Å². The second-order valence-electron chi connectivity index (χ2n) is 11.4. The van der Waals surface area contributed by atoms with Gasteiger partial charge in [0.1, 0.15) is 24.4 Å². The van der Waals surface area contributed by atoms with Crippen molar-refractivity contribution in [2.24, 2.45) is 0 Å². The number of carbonyl (C=O) groups excluding carboxylic acids is 1. The van der Waals surface area contributed by atoms with Crippen molar-refractivity contribution in [1.29, 1.82) is 0 Å². The van der Waals surface area contributed by atoms with Gasteiger partial charge in [-0.05, 0) is 19.2 Å². The molecule has 1 aliphatic heterocycles. The minimum absolute atomic E-state index is 0.305. The van der Waals surface area contributed by atoms with Crippen LogP contribution in [-0.4, -0.2) is 87.5 Å². The average Bonchev–Trinajstić information content (AvgIpc) is 0.700. The van der Waals surface area contributed by atoms with Crippen LogP contribution >= 0.6 is 0 Å². The molecular weight excluding hydrogens is 646 g/mol. The number of hydrogen-bond donors (Lipinski definition) is 6. The second-order valence-corrected chi connectivity index (χ2v) is 11.4. The van der Waals surface area contributed by atoms with Gasteiger partial charge >= 0.3 is 0 Å². The molecule has 0 radical (unpaired) electrons. The molecule has 302 valence electrons. The first-order valence-electron chi connectivity index (χ1n) is 34.6. The molecule has 9 nitrogen and oxygen atoms in total. The maximum Gasteiger partial charge on any atom is 0.220 e. The Hall–Kier alpha value is -1.07. The van der Waals surface area contributed by atoms with Gasteiger partial charge in [-0.25, -0.2) is 0 Å². The van der Waals surface area contributed by atoms with Crippen LogP contribution in [-0.2, 0) is 14.3 Å². The van der Waals surface area contributed by atoms with E-state index >= 15 is 0 Å². The van der Waals surface area contributed by atoms with Gasteiger partial charge in [0, 0.05) is 54.3 Å². The van der Waals surface area contributed by atoms with Crippen LogP contribution in [0.4, 0.5) is 0 Å². The van der Waals surface area contributed by atoms with E-state index in [0.29, 0.717) is 12.8 Å². The van der Waals surface area contributed by atoms with E-state index in [1.165, 1.54) is 18.9 Å². The van der Waals surface area contributed by atoms with E-state index in [4.69, 9.17) is 57.5 Å². The van der Waals surface area contributed by atoms with Crippen LogP contribution in [0, 0.1) is 0 Å². The third-order valence-electron chi connectivity index (χ3n) is 7.38. The smallest absolute Gasteiger partial charge is 0.220 e. The maximum absolute atomic E-state index is 13.9. The minimum Gasteiger partial charge on any atom is -0.394 e. The minimum atomic E-state index is -5.35. The van der Waals surface area contributed by atoms with Gasteiger partial charge in [-0.1, -0.05) is 179 Å². The van der Waals surface area contributed by atoms with Crippen LogP contribution in [0.1, 0.15) is 241 Å². The molecule has 1 rings (SSSR count). The van der Waals surface area contributed by atoms with E-state index in [0.717, 1.165) is 57.4 Å². The molecule has 1 heterocycles. The predicted octanol–water partition coefficient (Wildman–Crippen LogP) is 8.17. The summed E-state index contributed by atoms with van der Waals surface area (Å²) in [5.74, 6) is -2.33. The van der Waals surface area contributed by atoms with Gasteiger partial charge in [0.15, 0.2) is 6.29 Å². The molecular formula is C42H81NO8. The van der Waals surface area contributed by atoms with Gasteiger partial charge in [0.05, 0.1) is 25.4 Å². The molecule has 1 amide bonds. The topological polar surface area (TPSA) is 149 Å². The first-order chi connectivity index (χ1) is 38.0. The number of amides is 1. The Balaban J connectivity index is 3.84. The fraction of sp³-hybridized carbons (Fsp3) is 0.929. The molecule has 1 aliphatic rings. The van der Waals surface area contributed by atoms with Crippen LogP contribution in [0.3, 0.4) is 0 Å². The van der Waals surface area contributed by atoms with Crippen molar-refractivity contribution >= 4 is 5.91 Å². The van der Waals surface area contributed by atoms with E-state index in [1.807, 2.05) is 0 Å². The molecule has 9 heteroatoms. The summed E-state index contributed by atoms with van der Waals surface area (Å²) in [4.78, 5) is 13.9. The van der Waals surface area contributed by atoms with E-state index in [1.54, 1.807) is 5.32 Å². The van der Waals surface area contributed by atoms with Gasteiger partial charge < -0.3 is 40.3 Å². The maximum atomic E-state index is 13.9. The fourth-order valence-corrected chi connectivity index (χ4v) is 4.62. The molecule has 0 spiro atoms. The van der Waals surface area contributed by atoms with Gasteiger partial charge in [-0.2, -0.15) is 0 Å². The zero-order valence-electron chi connectivity index (χ0n) is 64.1. The zero-order chi connectivity index (χ0) is 68.6. The standard InChI is InChI=1S/C42H81NO8/c1-3-5-7-9-11-13-15-17-18-20-22-24-26-28-30-32-38(46)43-35(34-50-42-41(49)40(48)39(47)37(33-44)51-42)36(45)31-29-27-25-23-21-19-16-14-12-10-8-6-4-2/h29,31,35-37,39-42,44-45,47-49H,3-28,30,32-34H2,1-2H3,(H,43,46)/b31-29+/t35-,36+,37+,39-,40-,41+,42+/m0/s1/i1D3,3D2,5D2,7D2,9D2,11D2,13D2,15D2,17D2,18D2,20D2,22D2,24D2,26D2,28D2,30D2,32D2. The Labute approximate surface area is 361 Å². The Morgan fingerprint density at radius 3 is 1.80 bits per heavy atom. The molecule has 0 saturated carbocycles. The van der Waals surface area contributed by atoms with E-state index in [9.17, 15) is 30.3 Å². The van der Waals surface area contributed by atoms with Crippen molar-refractivity contribution in [3.8, 4) is 0 Å². The first-order valence-corrected chi connectivity index (χ1v) is 17.1. The van der Waals surface area contributed by atoms with Gasteiger partial charge in [-0.15, -0.1) is 0 Å². The summed E-state index contributed by atoms with van der Waals surface area (Å²) in [6, 6.07) is -2.03. The lowest BCUT2D eigenvalue weighted by molar-refractivity contribution is -0.302. The van der Waals surface area contributed by atoms with Crippen molar-refractivity contribution < 1.29 is 87.8 Å². The number of carbonyl (C=O) groups is 1. The zero-order valence-corrected chi connectivity index (χ0v) is 29.1. The highest BCUT2D eigenvalue weighted by molar-refractivity contribution is 5.76. The summed E-state index contributed by atoms with van der Waals surface area (Å²) in [7, 11) is 0. The quantitative estimate of drug-likeness (QED) is 0.0280. The van der Waals surface area contributed by atoms with Crippen LogP contribution in [0.5, 0.6) is 0 Å². The Morgan fingerprint density at radius 1 is 0.765 bits per heavy atom. The second kappa shape index (κ2) is 33.5. The molecule has 51 heavy (non-hydrogen) atoms. The number of nitrogens with one attached hydrogen (secondary N) is 1. The molecule has 0 unspecified atom stereocenters. The summed E-state index contributed by atoms with van der Waals surface area (Å²) < 4.78 is 301. The molecule has 0 aromatic heterocycles. The van der Waals surface area contributed by atoms with E-state index in [2.05, 4.69) is 6.92 Å². The van der Waals surface area contributed by atoms with Crippen molar-refractivity contribution in [1.82, 2.24) is 5.32 Å². The summed E-state index contributed by atoms with van der Waals surface area (Å²) in [5, 5.41) is 53.7. The van der Waals surface area contributed by atoms with Crippen LogP contribution in [0.25, 0.3) is 0 Å². The first kappa shape index (κ1) is 16.6. The summed E-state index contributed by atoms with van der Waals surface area (Å²) >= 11 is 0. The number of aliphatic hydroxyl groups is 5. The number of unbranched alkanes of at least 4 members (excludes halogenated alkanes) is 11. The van der Waals surface area contributed by atoms with Crippen molar-refractivity contribution in [2.45, 2.75) is 236 Å². The van der Waals surface area contributed by atoms with Crippen LogP contribution in [0.15, 0.2) is 12.2 Å². The number of hydrogen-bond acceptors (Lipinski definition) is 8. The number of aliphatic hydroxyl groups excluding tert-OH is 5. The largest absolute Gasteiger partial charge is 0.394 e. The third-order valence-corrected chi connectivity index (χ3v) is 7.38. The van der Waals surface area contributed by atoms with Crippen molar-refractivity contribution in [2.75, 3.05) is 13.2 Å². The summed E-state index contributed by atoms with van der Waals surface area (Å²) in [5.41, 5.74) is 0. The molecule has 7 atom stereocenters. The lowest BCUT2D eigenvalue weighted by Gasteiger charge is -2.40. The monoisotopic (exact) mass is 763 g/mol. The molecule has 0 aromatic carbocycles.